The standard InChI is InChI=1S/C30H41N5O4/c1-26(2,38)30-15-12-28(13-16-30,14-17-30)21-5-18-31-24(32-21)35(25(36)37)19-27-6-9-29(10-7-27,11-8-27)23-33-22(34-39-23)20-3-4-20/h5,18,20,38H,3-4,6-17,19H2,1-2H3,(H,36,37). The van der Waals surface area contributed by atoms with Gasteiger partial charge < -0.3 is 14.7 Å². The van der Waals surface area contributed by atoms with Gasteiger partial charge in [-0.1, -0.05) is 5.16 Å². The third kappa shape index (κ3) is 4.01. The summed E-state index contributed by atoms with van der Waals surface area (Å²) in [4.78, 5) is 28.2. The molecule has 0 aliphatic heterocycles. The lowest BCUT2D eigenvalue weighted by molar-refractivity contribution is -0.120. The van der Waals surface area contributed by atoms with Crippen molar-refractivity contribution in [3.63, 3.8) is 0 Å². The van der Waals surface area contributed by atoms with Crippen molar-refractivity contribution in [2.45, 2.75) is 126 Å². The highest BCUT2D eigenvalue weighted by Gasteiger charge is 2.56. The molecule has 9 nitrogen and oxygen atoms in total. The van der Waals surface area contributed by atoms with Gasteiger partial charge in [0, 0.05) is 29.5 Å². The molecular formula is C30H41N5O4. The van der Waals surface area contributed by atoms with Crippen LogP contribution in [0.25, 0.3) is 0 Å². The van der Waals surface area contributed by atoms with Crippen molar-refractivity contribution in [2.24, 2.45) is 10.8 Å². The summed E-state index contributed by atoms with van der Waals surface area (Å²) in [6, 6.07) is 1.99. The van der Waals surface area contributed by atoms with Crippen LogP contribution in [0.4, 0.5) is 10.7 Å². The Hall–Kier alpha value is -2.55. The molecule has 7 saturated carbocycles. The average Bonchev–Trinajstić information content (AvgIpc) is 3.68. The number of hydrogen-bond acceptors (Lipinski definition) is 7. The molecule has 2 aromatic heterocycles. The maximum absolute atomic E-state index is 12.6. The molecule has 9 heteroatoms. The molecule has 1 amide bonds. The van der Waals surface area contributed by atoms with Crippen LogP contribution >= 0.6 is 0 Å². The third-order valence-corrected chi connectivity index (χ3v) is 11.9. The number of aliphatic hydroxyl groups is 1. The molecule has 9 rings (SSSR count). The molecule has 4 bridgehead atoms. The Morgan fingerprint density at radius 2 is 1.59 bits per heavy atom. The molecule has 7 fully saturated rings. The fraction of sp³-hybridized carbons (Fsp3) is 0.767. The molecule has 0 unspecified atom stereocenters. The SMILES string of the molecule is CC(C)(O)C12CCC(c3ccnc(N(CC45CCC(c6nc(C7CC7)no6)(CC4)CC5)C(=O)O)n3)(CC1)CC2. The van der Waals surface area contributed by atoms with E-state index in [1.165, 1.54) is 4.90 Å². The Balaban J connectivity index is 1.08. The van der Waals surface area contributed by atoms with E-state index in [-0.39, 0.29) is 21.7 Å². The van der Waals surface area contributed by atoms with Crippen molar-refractivity contribution in [2.75, 3.05) is 11.4 Å². The number of hydrogen-bond donors (Lipinski definition) is 2. The largest absolute Gasteiger partial charge is 0.465 e. The summed E-state index contributed by atoms with van der Waals surface area (Å²) in [5.74, 6) is 2.46. The lowest BCUT2D eigenvalue weighted by Crippen LogP contribution is -2.54. The second-order valence-electron chi connectivity index (χ2n) is 14.2. The number of carbonyl (C=O) groups is 1. The zero-order valence-corrected chi connectivity index (χ0v) is 23.3. The second-order valence-corrected chi connectivity index (χ2v) is 14.2. The minimum absolute atomic E-state index is 0.0191. The van der Waals surface area contributed by atoms with Gasteiger partial charge in [0.15, 0.2) is 5.82 Å². The van der Waals surface area contributed by atoms with Crippen LogP contribution in [-0.4, -0.2) is 48.6 Å². The van der Waals surface area contributed by atoms with Crippen LogP contribution in [0.15, 0.2) is 16.8 Å². The fourth-order valence-electron chi connectivity index (χ4n) is 8.60. The Bertz CT molecular complexity index is 1230. The highest BCUT2D eigenvalue weighted by Crippen LogP contribution is 2.61. The number of carboxylic acid groups (broad SMARTS) is 1. The van der Waals surface area contributed by atoms with Crippen molar-refractivity contribution in [1.82, 2.24) is 20.1 Å². The lowest BCUT2D eigenvalue weighted by atomic mass is 9.49. The van der Waals surface area contributed by atoms with Crippen LogP contribution < -0.4 is 4.90 Å². The van der Waals surface area contributed by atoms with E-state index >= 15 is 0 Å². The van der Waals surface area contributed by atoms with E-state index in [2.05, 4.69) is 10.1 Å². The van der Waals surface area contributed by atoms with E-state index in [1.54, 1.807) is 6.20 Å². The van der Waals surface area contributed by atoms with Gasteiger partial charge >= 0.3 is 6.09 Å². The number of rotatable bonds is 7. The Kier molecular flexibility index (Phi) is 5.53. The molecule has 0 aromatic carbocycles. The highest BCUT2D eigenvalue weighted by atomic mass is 16.5. The number of amides is 1. The molecule has 0 saturated heterocycles. The molecule has 2 aromatic rings. The number of anilines is 1. The van der Waals surface area contributed by atoms with Crippen molar-refractivity contribution in [1.29, 1.82) is 0 Å². The van der Waals surface area contributed by atoms with Gasteiger partial charge in [-0.3, -0.25) is 0 Å². The first kappa shape index (κ1) is 25.4. The van der Waals surface area contributed by atoms with Crippen LogP contribution in [0.3, 0.4) is 0 Å². The summed E-state index contributed by atoms with van der Waals surface area (Å²) in [6.07, 6.45) is 14.6. The smallest absolute Gasteiger partial charge is 0.414 e. The van der Waals surface area contributed by atoms with Gasteiger partial charge in [0.25, 0.3) is 0 Å². The first-order chi connectivity index (χ1) is 18.6. The summed E-state index contributed by atoms with van der Waals surface area (Å²) >= 11 is 0. The van der Waals surface area contributed by atoms with Crippen LogP contribution in [0.1, 0.15) is 127 Å². The van der Waals surface area contributed by atoms with E-state index in [1.807, 2.05) is 19.9 Å². The quantitative estimate of drug-likeness (QED) is 0.450. The van der Waals surface area contributed by atoms with Crippen LogP contribution in [0.2, 0.25) is 0 Å². The molecule has 7 aliphatic rings. The first-order valence-electron chi connectivity index (χ1n) is 15.0. The van der Waals surface area contributed by atoms with E-state index < -0.39 is 11.7 Å². The molecule has 2 heterocycles. The van der Waals surface area contributed by atoms with Gasteiger partial charge in [0.2, 0.25) is 11.8 Å². The summed E-state index contributed by atoms with van der Waals surface area (Å²) in [6.45, 7) is 4.33. The Labute approximate surface area is 229 Å². The van der Waals surface area contributed by atoms with E-state index in [0.29, 0.717) is 18.4 Å². The predicted octanol–water partition coefficient (Wildman–Crippen LogP) is 5.88. The fourth-order valence-corrected chi connectivity index (χ4v) is 8.60. The molecular weight excluding hydrogens is 494 g/mol. The Morgan fingerprint density at radius 1 is 0.974 bits per heavy atom. The maximum atomic E-state index is 12.6. The average molecular weight is 536 g/mol. The molecule has 0 spiro atoms. The topological polar surface area (TPSA) is 125 Å². The summed E-state index contributed by atoms with van der Waals surface area (Å²) < 4.78 is 5.77. The van der Waals surface area contributed by atoms with Gasteiger partial charge in [-0.2, -0.15) is 4.98 Å². The number of aromatic nitrogens is 4. The van der Waals surface area contributed by atoms with E-state index in [0.717, 1.165) is 107 Å². The first-order valence-corrected chi connectivity index (χ1v) is 15.0. The third-order valence-electron chi connectivity index (χ3n) is 11.9. The normalized spacial score (nSPS) is 35.8. The maximum Gasteiger partial charge on any atom is 0.414 e. The Morgan fingerprint density at radius 3 is 2.15 bits per heavy atom. The summed E-state index contributed by atoms with van der Waals surface area (Å²) in [5, 5.41) is 25.4. The van der Waals surface area contributed by atoms with Crippen molar-refractivity contribution in [3.8, 4) is 0 Å². The van der Waals surface area contributed by atoms with Crippen LogP contribution in [0.5, 0.6) is 0 Å². The van der Waals surface area contributed by atoms with Crippen molar-refractivity contribution < 1.29 is 19.5 Å². The van der Waals surface area contributed by atoms with Crippen LogP contribution in [0, 0.1) is 10.8 Å². The van der Waals surface area contributed by atoms with Gasteiger partial charge in [-0.15, -0.1) is 0 Å². The van der Waals surface area contributed by atoms with Gasteiger partial charge in [-0.25, -0.2) is 19.7 Å². The highest BCUT2D eigenvalue weighted by molar-refractivity contribution is 5.83. The molecule has 39 heavy (non-hydrogen) atoms. The minimum atomic E-state index is -0.985. The molecule has 0 radical (unpaired) electrons. The molecule has 2 N–H and O–H groups in total. The zero-order chi connectivity index (χ0) is 27.1. The van der Waals surface area contributed by atoms with Gasteiger partial charge in [0.1, 0.15) is 0 Å². The zero-order valence-electron chi connectivity index (χ0n) is 23.3. The summed E-state index contributed by atoms with van der Waals surface area (Å²) in [7, 11) is 0. The van der Waals surface area contributed by atoms with Gasteiger partial charge in [-0.05, 0) is 121 Å². The van der Waals surface area contributed by atoms with Crippen molar-refractivity contribution >= 4 is 12.0 Å². The lowest BCUT2D eigenvalue weighted by Gasteiger charge is -2.57. The predicted molar refractivity (Wildman–Crippen MR) is 144 cm³/mol. The van der Waals surface area contributed by atoms with E-state index in [4.69, 9.17) is 14.5 Å². The summed E-state index contributed by atoms with van der Waals surface area (Å²) in [5.41, 5.74) is 0.0940. The minimum Gasteiger partial charge on any atom is -0.465 e. The molecule has 7 aliphatic carbocycles. The van der Waals surface area contributed by atoms with Crippen molar-refractivity contribution in [3.05, 3.63) is 29.7 Å². The molecule has 210 valence electrons. The monoisotopic (exact) mass is 535 g/mol. The second kappa shape index (κ2) is 8.48. The van der Waals surface area contributed by atoms with E-state index in [9.17, 15) is 15.0 Å². The number of nitrogens with zero attached hydrogens (tertiary/aromatic N) is 5. The molecule has 0 atom stereocenters. The number of fused-ring (bicyclic) bond motifs is 6. The van der Waals surface area contributed by atoms with Crippen LogP contribution in [-0.2, 0) is 10.8 Å². The van der Waals surface area contributed by atoms with Gasteiger partial charge in [0.05, 0.1) is 11.3 Å².